The van der Waals surface area contributed by atoms with Gasteiger partial charge in [0.1, 0.15) is 0 Å². The first kappa shape index (κ1) is 16.5. The van der Waals surface area contributed by atoms with Crippen LogP contribution in [0.15, 0.2) is 59.8 Å². The summed E-state index contributed by atoms with van der Waals surface area (Å²) in [7, 11) is 0. The Hall–Kier alpha value is -2.86. The first-order valence-corrected chi connectivity index (χ1v) is 7.31. The third-order valence-corrected chi connectivity index (χ3v) is 3.29. The zero-order chi connectivity index (χ0) is 16.5. The van der Waals surface area contributed by atoms with Crippen molar-refractivity contribution >= 4 is 17.4 Å². The Morgan fingerprint density at radius 2 is 1.78 bits per heavy atom. The van der Waals surface area contributed by atoms with Crippen LogP contribution in [0.2, 0.25) is 0 Å². The summed E-state index contributed by atoms with van der Waals surface area (Å²) >= 11 is 0. The standard InChI is InChI=1S/C17H20N4O2/c18-17(21-23)14-6-8-15(9-7-14)20-16(22)12-19-11-10-13-4-2-1-3-5-13/h1-9,19,23H,10-12H2,(H2,18,21)(H,20,22). The van der Waals surface area contributed by atoms with Gasteiger partial charge in [-0.15, -0.1) is 0 Å². The molecule has 120 valence electrons. The Morgan fingerprint density at radius 3 is 2.43 bits per heavy atom. The molecule has 0 fully saturated rings. The molecule has 2 rings (SSSR count). The lowest BCUT2D eigenvalue weighted by molar-refractivity contribution is -0.115. The van der Waals surface area contributed by atoms with Crippen LogP contribution < -0.4 is 16.4 Å². The Labute approximate surface area is 135 Å². The van der Waals surface area contributed by atoms with E-state index in [0.717, 1.165) is 13.0 Å². The molecule has 6 heteroatoms. The van der Waals surface area contributed by atoms with Gasteiger partial charge in [-0.1, -0.05) is 35.5 Å². The van der Waals surface area contributed by atoms with E-state index >= 15 is 0 Å². The molecule has 0 spiro atoms. The highest BCUT2D eigenvalue weighted by Gasteiger charge is 2.03. The molecule has 0 saturated carbocycles. The summed E-state index contributed by atoms with van der Waals surface area (Å²) in [5.41, 5.74) is 7.96. The number of nitrogens with zero attached hydrogens (tertiary/aromatic N) is 1. The van der Waals surface area contributed by atoms with Crippen LogP contribution in [0.25, 0.3) is 0 Å². The zero-order valence-corrected chi connectivity index (χ0v) is 12.7. The number of carbonyl (C=O) groups excluding carboxylic acids is 1. The third kappa shape index (κ3) is 5.44. The van der Waals surface area contributed by atoms with Crippen molar-refractivity contribution in [3.8, 4) is 0 Å². The van der Waals surface area contributed by atoms with Crippen molar-refractivity contribution in [2.75, 3.05) is 18.4 Å². The van der Waals surface area contributed by atoms with Crippen molar-refractivity contribution in [1.29, 1.82) is 0 Å². The lowest BCUT2D eigenvalue weighted by Crippen LogP contribution is -2.29. The van der Waals surface area contributed by atoms with Crippen molar-refractivity contribution in [1.82, 2.24) is 5.32 Å². The summed E-state index contributed by atoms with van der Waals surface area (Å²) in [4.78, 5) is 11.8. The van der Waals surface area contributed by atoms with E-state index in [4.69, 9.17) is 10.9 Å². The molecule has 23 heavy (non-hydrogen) atoms. The molecule has 2 aromatic rings. The summed E-state index contributed by atoms with van der Waals surface area (Å²) in [5, 5.41) is 17.4. The molecule has 1 amide bonds. The average Bonchev–Trinajstić information content (AvgIpc) is 2.59. The molecule has 0 saturated heterocycles. The Bertz CT molecular complexity index is 654. The lowest BCUT2D eigenvalue weighted by atomic mass is 10.1. The number of anilines is 1. The minimum absolute atomic E-state index is 0.0328. The van der Waals surface area contributed by atoms with Gasteiger partial charge in [0.2, 0.25) is 5.91 Å². The van der Waals surface area contributed by atoms with Crippen molar-refractivity contribution in [3.05, 3.63) is 65.7 Å². The molecule has 5 N–H and O–H groups in total. The Balaban J connectivity index is 1.72. The number of hydrogen-bond acceptors (Lipinski definition) is 4. The van der Waals surface area contributed by atoms with E-state index in [0.29, 0.717) is 11.3 Å². The average molecular weight is 312 g/mol. The minimum Gasteiger partial charge on any atom is -0.409 e. The number of oxime groups is 1. The van der Waals surface area contributed by atoms with Gasteiger partial charge in [0.05, 0.1) is 6.54 Å². The van der Waals surface area contributed by atoms with Gasteiger partial charge in [-0.2, -0.15) is 0 Å². The van der Waals surface area contributed by atoms with Gasteiger partial charge in [-0.3, -0.25) is 4.79 Å². The second-order valence-electron chi connectivity index (χ2n) is 5.02. The van der Waals surface area contributed by atoms with Crippen LogP contribution in [0.1, 0.15) is 11.1 Å². The first-order valence-electron chi connectivity index (χ1n) is 7.31. The number of nitrogens with two attached hydrogens (primary N) is 1. The largest absolute Gasteiger partial charge is 0.409 e. The van der Waals surface area contributed by atoms with E-state index in [1.165, 1.54) is 5.56 Å². The summed E-state index contributed by atoms with van der Waals surface area (Å²) in [5.74, 6) is -0.0833. The molecule has 6 nitrogen and oxygen atoms in total. The number of amides is 1. The van der Waals surface area contributed by atoms with Crippen molar-refractivity contribution in [3.63, 3.8) is 0 Å². The minimum atomic E-state index is -0.116. The maximum Gasteiger partial charge on any atom is 0.238 e. The van der Waals surface area contributed by atoms with Crippen LogP contribution in [0.4, 0.5) is 5.69 Å². The van der Waals surface area contributed by atoms with E-state index in [9.17, 15) is 4.79 Å². The van der Waals surface area contributed by atoms with E-state index in [-0.39, 0.29) is 18.3 Å². The molecule has 0 heterocycles. The van der Waals surface area contributed by atoms with E-state index < -0.39 is 0 Å². The molecule has 0 atom stereocenters. The highest BCUT2D eigenvalue weighted by atomic mass is 16.4. The number of hydrogen-bond donors (Lipinski definition) is 4. The van der Waals surface area contributed by atoms with Gasteiger partial charge in [0, 0.05) is 11.3 Å². The number of carbonyl (C=O) groups is 1. The second-order valence-corrected chi connectivity index (χ2v) is 5.02. The van der Waals surface area contributed by atoms with E-state index in [1.807, 2.05) is 18.2 Å². The normalized spacial score (nSPS) is 11.2. The van der Waals surface area contributed by atoms with Crippen LogP contribution in [-0.4, -0.2) is 30.0 Å². The van der Waals surface area contributed by atoms with Crippen LogP contribution >= 0.6 is 0 Å². The smallest absolute Gasteiger partial charge is 0.238 e. The first-order chi connectivity index (χ1) is 11.2. The highest BCUT2D eigenvalue weighted by Crippen LogP contribution is 2.09. The van der Waals surface area contributed by atoms with Crippen LogP contribution in [-0.2, 0) is 11.2 Å². The maximum atomic E-state index is 11.8. The Morgan fingerprint density at radius 1 is 1.09 bits per heavy atom. The molecule has 0 aliphatic rings. The second kappa shape index (κ2) is 8.55. The molecule has 0 radical (unpaired) electrons. The fourth-order valence-electron chi connectivity index (χ4n) is 2.07. The summed E-state index contributed by atoms with van der Waals surface area (Å²) in [6.07, 6.45) is 0.878. The SMILES string of the molecule is N/C(=N\O)c1ccc(NC(=O)CNCCc2ccccc2)cc1. The van der Waals surface area contributed by atoms with Gasteiger partial charge in [-0.25, -0.2) is 0 Å². The number of amidine groups is 1. The predicted octanol–water partition coefficient (Wildman–Crippen LogP) is 1.55. The number of nitrogens with one attached hydrogen (secondary N) is 2. The van der Waals surface area contributed by atoms with Crippen LogP contribution in [0.5, 0.6) is 0 Å². The fourth-order valence-corrected chi connectivity index (χ4v) is 2.07. The number of rotatable bonds is 7. The van der Waals surface area contributed by atoms with Gasteiger partial charge in [0.15, 0.2) is 5.84 Å². The maximum absolute atomic E-state index is 11.8. The molecule has 2 aromatic carbocycles. The molecular formula is C17H20N4O2. The lowest BCUT2D eigenvalue weighted by Gasteiger charge is -2.07. The fraction of sp³-hybridized carbons (Fsp3) is 0.176. The molecule has 0 aromatic heterocycles. The van der Waals surface area contributed by atoms with Crippen molar-refractivity contribution < 1.29 is 10.0 Å². The summed E-state index contributed by atoms with van der Waals surface area (Å²) < 4.78 is 0. The Kier molecular flexibility index (Phi) is 6.14. The van der Waals surface area contributed by atoms with Crippen LogP contribution in [0, 0.1) is 0 Å². The third-order valence-electron chi connectivity index (χ3n) is 3.29. The predicted molar refractivity (Wildman–Crippen MR) is 90.6 cm³/mol. The van der Waals surface area contributed by atoms with Crippen molar-refractivity contribution in [2.45, 2.75) is 6.42 Å². The zero-order valence-electron chi connectivity index (χ0n) is 12.7. The molecular weight excluding hydrogens is 292 g/mol. The molecule has 0 unspecified atom stereocenters. The molecule has 0 aliphatic carbocycles. The van der Waals surface area contributed by atoms with E-state index in [1.54, 1.807) is 24.3 Å². The van der Waals surface area contributed by atoms with Gasteiger partial charge < -0.3 is 21.6 Å². The van der Waals surface area contributed by atoms with Crippen LogP contribution in [0.3, 0.4) is 0 Å². The number of benzene rings is 2. The van der Waals surface area contributed by atoms with Crippen molar-refractivity contribution in [2.24, 2.45) is 10.9 Å². The molecule has 0 aliphatic heterocycles. The molecule has 0 bridgehead atoms. The summed E-state index contributed by atoms with van der Waals surface area (Å²) in [6.45, 7) is 0.981. The topological polar surface area (TPSA) is 99.7 Å². The van der Waals surface area contributed by atoms with E-state index in [2.05, 4.69) is 27.9 Å². The monoisotopic (exact) mass is 312 g/mol. The van der Waals surface area contributed by atoms with Gasteiger partial charge in [-0.05, 0) is 42.8 Å². The van der Waals surface area contributed by atoms with Gasteiger partial charge in [0.25, 0.3) is 0 Å². The quantitative estimate of drug-likeness (QED) is 0.205. The highest BCUT2D eigenvalue weighted by molar-refractivity contribution is 5.98. The summed E-state index contributed by atoms with van der Waals surface area (Å²) in [6, 6.07) is 16.9. The van der Waals surface area contributed by atoms with Gasteiger partial charge >= 0.3 is 0 Å².